The zero-order valence-corrected chi connectivity index (χ0v) is 26.0. The van der Waals surface area contributed by atoms with Gasteiger partial charge in [-0.2, -0.15) is 0 Å². The summed E-state index contributed by atoms with van der Waals surface area (Å²) >= 11 is 0. The Balaban J connectivity index is 0.000000201. The van der Waals surface area contributed by atoms with E-state index in [2.05, 4.69) is 97.0 Å². The van der Waals surface area contributed by atoms with Crippen molar-refractivity contribution in [1.29, 1.82) is 0 Å². The number of nitrogens with zero attached hydrogens (tertiary/aromatic N) is 1. The second kappa shape index (κ2) is 11.7. The number of benzene rings is 2. The maximum atomic E-state index is 10.7. The molecule has 5 rings (SSSR count). The number of aliphatic hydroxyl groups is 2. The molecule has 2 saturated carbocycles. The molecule has 4 heteroatoms. The van der Waals surface area contributed by atoms with Gasteiger partial charge in [0, 0.05) is 31.4 Å². The fourth-order valence-corrected chi connectivity index (χ4v) is 6.42. The smallest absolute Gasteiger partial charge is 0.0646 e. The summed E-state index contributed by atoms with van der Waals surface area (Å²) in [5.74, 6) is 0.603. The summed E-state index contributed by atoms with van der Waals surface area (Å²) in [7, 11) is 0. The fourth-order valence-electron chi connectivity index (χ4n) is 6.42. The van der Waals surface area contributed by atoms with E-state index in [9.17, 15) is 10.2 Å². The zero-order valence-electron chi connectivity index (χ0n) is 23.6. The largest absolute Gasteiger partial charge is 0.392 e. The Morgan fingerprint density at radius 3 is 2.22 bits per heavy atom. The molecule has 0 aliphatic heterocycles. The Labute approximate surface area is 237 Å². The number of fused-ring (bicyclic) bond motifs is 2. The fraction of sp³-hybridized carbons (Fsp3) is 0.545. The van der Waals surface area contributed by atoms with Gasteiger partial charge >= 0.3 is 0 Å². The van der Waals surface area contributed by atoms with Crippen LogP contribution in [0, 0.1) is 49.5 Å². The second-order valence-electron chi connectivity index (χ2n) is 12.7. The molecular weight excluding hydrogens is 635 g/mol. The van der Waals surface area contributed by atoms with Crippen LogP contribution >= 0.6 is 0 Å². The Kier molecular flexibility index (Phi) is 9.44. The van der Waals surface area contributed by atoms with Crippen molar-refractivity contribution < 1.29 is 30.3 Å². The van der Waals surface area contributed by atoms with Crippen molar-refractivity contribution in [2.24, 2.45) is 22.7 Å². The monoisotopic (exact) mass is 679 g/mol. The number of aryl methyl sites for hydroxylation is 3. The van der Waals surface area contributed by atoms with E-state index in [1.165, 1.54) is 35.8 Å². The van der Waals surface area contributed by atoms with Gasteiger partial charge in [0.25, 0.3) is 0 Å². The molecule has 4 atom stereocenters. The third-order valence-electron chi connectivity index (χ3n) is 8.80. The van der Waals surface area contributed by atoms with Crippen LogP contribution in [0.3, 0.4) is 0 Å². The molecule has 0 saturated heterocycles. The molecule has 3 nitrogen and oxygen atoms in total. The van der Waals surface area contributed by atoms with Crippen molar-refractivity contribution in [2.75, 3.05) is 0 Å². The van der Waals surface area contributed by atoms with E-state index in [1.54, 1.807) is 0 Å². The summed E-state index contributed by atoms with van der Waals surface area (Å²) < 4.78 is 0. The van der Waals surface area contributed by atoms with Crippen molar-refractivity contribution >= 4 is 10.9 Å². The number of hydrogen-bond donors (Lipinski definition) is 2. The van der Waals surface area contributed by atoms with Gasteiger partial charge < -0.3 is 10.2 Å². The van der Waals surface area contributed by atoms with Crippen molar-refractivity contribution in [1.82, 2.24) is 4.98 Å². The molecule has 2 aliphatic carbocycles. The third kappa shape index (κ3) is 6.53. The van der Waals surface area contributed by atoms with Crippen LogP contribution in [-0.2, 0) is 20.1 Å². The second-order valence-corrected chi connectivity index (χ2v) is 12.7. The van der Waals surface area contributed by atoms with Gasteiger partial charge in [0.2, 0.25) is 0 Å². The van der Waals surface area contributed by atoms with Crippen molar-refractivity contribution in [3.63, 3.8) is 0 Å². The molecule has 0 spiro atoms. The van der Waals surface area contributed by atoms with Crippen LogP contribution in [0.25, 0.3) is 22.2 Å². The van der Waals surface area contributed by atoms with Gasteiger partial charge in [-0.05, 0) is 66.7 Å². The van der Waals surface area contributed by atoms with Crippen LogP contribution in [0.4, 0.5) is 0 Å². The van der Waals surface area contributed by atoms with Gasteiger partial charge in [-0.25, -0.2) is 0 Å². The first-order chi connectivity index (χ1) is 16.9. The molecule has 1 radical (unpaired) electrons. The average Bonchev–Trinajstić information content (AvgIpc) is 2.92. The third-order valence-corrected chi connectivity index (χ3v) is 8.80. The molecule has 1 heterocycles. The summed E-state index contributed by atoms with van der Waals surface area (Å²) in [5, 5.41) is 22.5. The predicted octanol–water partition coefficient (Wildman–Crippen LogP) is 7.60. The first-order valence-corrected chi connectivity index (χ1v) is 13.6. The first kappa shape index (κ1) is 30.0. The molecule has 37 heavy (non-hydrogen) atoms. The minimum Gasteiger partial charge on any atom is -0.392 e. The van der Waals surface area contributed by atoms with Crippen LogP contribution in [0.1, 0.15) is 76.5 Å². The molecule has 203 valence electrons. The number of pyridine rings is 1. The van der Waals surface area contributed by atoms with Crippen molar-refractivity contribution in [2.45, 2.75) is 92.8 Å². The van der Waals surface area contributed by atoms with Crippen molar-refractivity contribution in [3.8, 4) is 11.3 Å². The van der Waals surface area contributed by atoms with Crippen LogP contribution in [0.2, 0.25) is 0 Å². The summed E-state index contributed by atoms with van der Waals surface area (Å²) in [5.41, 5.74) is 6.69. The normalized spacial score (nSPS) is 26.2. The van der Waals surface area contributed by atoms with Gasteiger partial charge in [-0.1, -0.05) is 72.2 Å². The molecule has 2 aromatic carbocycles. The summed E-state index contributed by atoms with van der Waals surface area (Å²) in [6, 6.07) is 18.1. The predicted molar refractivity (Wildman–Crippen MR) is 150 cm³/mol. The Bertz CT molecular complexity index is 1200. The quantitative estimate of drug-likeness (QED) is 0.261. The van der Waals surface area contributed by atoms with E-state index in [-0.39, 0.29) is 49.1 Å². The SMILES string of the molecule is CC1(C)CCCC2CCC(C)(C)C(O)C2C1O.Cc1[c-]c(-c2ccc3c(C)cccc3n2)cc(C)c1.[Ir]. The maximum Gasteiger partial charge on any atom is 0.0646 e. The van der Waals surface area contributed by atoms with Gasteiger partial charge in [0.05, 0.1) is 17.7 Å². The molecule has 0 amide bonds. The average molecular weight is 679 g/mol. The Morgan fingerprint density at radius 2 is 1.54 bits per heavy atom. The molecule has 0 bridgehead atoms. The van der Waals surface area contributed by atoms with Crippen LogP contribution in [0.15, 0.2) is 42.5 Å². The Morgan fingerprint density at radius 1 is 0.865 bits per heavy atom. The molecular formula is C33H44IrNO2-. The van der Waals surface area contributed by atoms with Gasteiger partial charge in [-0.3, -0.25) is 4.98 Å². The maximum absolute atomic E-state index is 10.7. The first-order valence-electron chi connectivity index (χ1n) is 13.6. The summed E-state index contributed by atoms with van der Waals surface area (Å²) in [6.45, 7) is 14.9. The molecule has 2 fully saturated rings. The minimum absolute atomic E-state index is 0. The molecule has 2 aliphatic rings. The van der Waals surface area contributed by atoms with Crippen molar-refractivity contribution in [3.05, 3.63) is 65.2 Å². The van der Waals surface area contributed by atoms with Crippen LogP contribution in [0.5, 0.6) is 0 Å². The minimum atomic E-state index is -0.357. The van der Waals surface area contributed by atoms with E-state index in [1.807, 2.05) is 0 Å². The van der Waals surface area contributed by atoms with Gasteiger partial charge in [0.1, 0.15) is 0 Å². The number of aromatic nitrogens is 1. The summed E-state index contributed by atoms with van der Waals surface area (Å²) in [6.07, 6.45) is 4.99. The van der Waals surface area contributed by atoms with E-state index in [0.29, 0.717) is 5.92 Å². The number of rotatable bonds is 1. The van der Waals surface area contributed by atoms with E-state index in [0.717, 1.165) is 35.2 Å². The zero-order chi connectivity index (χ0) is 26.3. The van der Waals surface area contributed by atoms with Crippen LogP contribution in [-0.4, -0.2) is 27.4 Å². The topological polar surface area (TPSA) is 53.4 Å². The summed E-state index contributed by atoms with van der Waals surface area (Å²) in [4.78, 5) is 4.76. The number of hydrogen-bond acceptors (Lipinski definition) is 3. The number of aliphatic hydroxyl groups excluding tert-OH is 2. The Hall–Kier alpha value is -1.58. The van der Waals surface area contributed by atoms with E-state index >= 15 is 0 Å². The molecule has 3 aromatic rings. The van der Waals surface area contributed by atoms with E-state index < -0.39 is 0 Å². The van der Waals surface area contributed by atoms with Crippen LogP contribution < -0.4 is 0 Å². The molecule has 1 aromatic heterocycles. The van der Waals surface area contributed by atoms with E-state index in [4.69, 9.17) is 4.98 Å². The molecule has 2 N–H and O–H groups in total. The molecule has 4 unspecified atom stereocenters. The van der Waals surface area contributed by atoms with Gasteiger partial charge in [0.15, 0.2) is 0 Å². The standard InChI is InChI=1S/C18H16N.C15H28O2.Ir/c1-12-9-13(2)11-15(10-12)17-8-7-16-14(3)5-4-6-18(16)19-17;1-14(2)8-5-6-10-7-9-15(3,4)13(17)11(10)12(14)16;/h4-10H,1-3H3;10-13,16-17H,5-9H2,1-4H3;/q-1;;. The van der Waals surface area contributed by atoms with Gasteiger partial charge in [-0.15, -0.1) is 34.9 Å².